The van der Waals surface area contributed by atoms with Gasteiger partial charge in [0.15, 0.2) is 11.6 Å². The molecule has 0 saturated carbocycles. The minimum Gasteiger partial charge on any atom is -0.489 e. The van der Waals surface area contributed by atoms with E-state index in [1.165, 1.54) is 0 Å². The average Bonchev–Trinajstić information content (AvgIpc) is 3.15. The van der Waals surface area contributed by atoms with Gasteiger partial charge in [-0.25, -0.2) is 9.37 Å². The zero-order chi connectivity index (χ0) is 21.0. The van der Waals surface area contributed by atoms with Crippen LogP contribution in [0.1, 0.15) is 45.1 Å². The van der Waals surface area contributed by atoms with Crippen molar-refractivity contribution < 1.29 is 13.9 Å². The predicted molar refractivity (Wildman–Crippen MR) is 115 cm³/mol. The fraction of sp³-hybridized carbons (Fsp3) is 0.478. The summed E-state index contributed by atoms with van der Waals surface area (Å²) in [6.45, 7) is 7.72. The average molecular weight is 400 g/mol. The van der Waals surface area contributed by atoms with Gasteiger partial charge in [0.2, 0.25) is 0 Å². The normalized spacial score (nSPS) is 17.3. The molecule has 1 aliphatic heterocycles. The number of Topliss-reactive ketones (excluding diaryl/α,β-unsaturated/α-hetero) is 1. The van der Waals surface area contributed by atoms with Crippen molar-refractivity contribution >= 4 is 17.3 Å². The summed E-state index contributed by atoms with van der Waals surface area (Å²) in [5.74, 6) is 1.30. The van der Waals surface area contributed by atoms with Crippen LogP contribution < -0.4 is 14.5 Å². The van der Waals surface area contributed by atoms with Crippen LogP contribution in [0, 0.1) is 5.82 Å². The van der Waals surface area contributed by atoms with Crippen molar-refractivity contribution in [2.24, 2.45) is 0 Å². The van der Waals surface area contributed by atoms with Gasteiger partial charge >= 0.3 is 0 Å². The number of rotatable bonds is 8. The molecule has 0 unspecified atom stereocenters. The number of hydrogen-bond donors (Lipinski definition) is 0. The fourth-order valence-electron chi connectivity index (χ4n) is 3.74. The summed E-state index contributed by atoms with van der Waals surface area (Å²) < 4.78 is 21.0. The summed E-state index contributed by atoms with van der Waals surface area (Å²) in [4.78, 5) is 19.3. The highest BCUT2D eigenvalue weighted by molar-refractivity contribution is 5.76. The first-order valence-electron chi connectivity index (χ1n) is 10.3. The molecule has 3 rings (SSSR count). The Morgan fingerprint density at radius 3 is 2.72 bits per heavy atom. The zero-order valence-corrected chi connectivity index (χ0v) is 17.7. The maximum absolute atomic E-state index is 14.9. The second-order valence-corrected chi connectivity index (χ2v) is 7.83. The Bertz CT molecular complexity index is 841. The van der Waals surface area contributed by atoms with Crippen LogP contribution in [-0.4, -0.2) is 43.6 Å². The monoisotopic (exact) mass is 399 g/mol. The summed E-state index contributed by atoms with van der Waals surface area (Å²) in [7, 11) is 1.84. The van der Waals surface area contributed by atoms with Gasteiger partial charge in [0.1, 0.15) is 17.6 Å². The third-order valence-electron chi connectivity index (χ3n) is 5.52. The lowest BCUT2D eigenvalue weighted by molar-refractivity contribution is -0.117. The molecule has 1 aliphatic rings. The van der Waals surface area contributed by atoms with Crippen molar-refractivity contribution in [3.8, 4) is 5.75 Å². The van der Waals surface area contributed by atoms with Crippen molar-refractivity contribution in [1.82, 2.24) is 4.98 Å². The Hall–Kier alpha value is -2.63. The number of benzene rings is 1. The Balaban J connectivity index is 1.63. The quantitative estimate of drug-likeness (QED) is 0.658. The first-order chi connectivity index (χ1) is 13.9. The highest BCUT2D eigenvalue weighted by atomic mass is 19.1. The van der Waals surface area contributed by atoms with Gasteiger partial charge in [-0.1, -0.05) is 19.1 Å². The van der Waals surface area contributed by atoms with E-state index in [2.05, 4.69) is 11.9 Å². The van der Waals surface area contributed by atoms with Gasteiger partial charge in [0, 0.05) is 39.2 Å². The first kappa shape index (κ1) is 21.1. The van der Waals surface area contributed by atoms with Crippen LogP contribution in [0.5, 0.6) is 5.75 Å². The van der Waals surface area contributed by atoms with Gasteiger partial charge in [0.25, 0.3) is 0 Å². The number of ketones is 1. The molecule has 156 valence electrons. The lowest BCUT2D eigenvalue weighted by Crippen LogP contribution is -2.26. The summed E-state index contributed by atoms with van der Waals surface area (Å²) in [6, 6.07) is 9.68. The molecule has 1 aromatic heterocycles. The molecule has 2 atom stereocenters. The molecular weight excluding hydrogens is 369 g/mol. The molecule has 0 spiro atoms. The summed E-state index contributed by atoms with van der Waals surface area (Å²) in [6.07, 6.45) is 3.05. The molecule has 2 heterocycles. The van der Waals surface area contributed by atoms with Crippen LogP contribution in [-0.2, 0) is 4.79 Å². The van der Waals surface area contributed by atoms with Crippen LogP contribution >= 0.6 is 0 Å². The van der Waals surface area contributed by atoms with E-state index in [1.807, 2.05) is 43.1 Å². The van der Waals surface area contributed by atoms with Crippen molar-refractivity contribution in [2.75, 3.05) is 36.5 Å². The summed E-state index contributed by atoms with van der Waals surface area (Å²) in [5.41, 5.74) is 1.71. The number of carbonyl (C=O) groups excluding carboxylic acids is 1. The molecule has 1 saturated heterocycles. The van der Waals surface area contributed by atoms with E-state index in [0.29, 0.717) is 31.0 Å². The number of aromatic nitrogens is 1. The van der Waals surface area contributed by atoms with Gasteiger partial charge in [-0.3, -0.25) is 0 Å². The molecule has 0 radical (unpaired) electrons. The third-order valence-corrected chi connectivity index (χ3v) is 5.52. The number of pyridine rings is 1. The molecule has 1 fully saturated rings. The Labute approximate surface area is 172 Å². The Kier molecular flexibility index (Phi) is 6.72. The second kappa shape index (κ2) is 9.25. The Morgan fingerprint density at radius 1 is 1.34 bits per heavy atom. The lowest BCUT2D eigenvalue weighted by atomic mass is 9.96. The van der Waals surface area contributed by atoms with Crippen molar-refractivity contribution in [3.05, 3.63) is 47.9 Å². The molecule has 0 bridgehead atoms. The van der Waals surface area contributed by atoms with E-state index in [1.54, 1.807) is 24.1 Å². The van der Waals surface area contributed by atoms with Crippen LogP contribution in [0.15, 0.2) is 36.5 Å². The Morgan fingerprint density at radius 2 is 2.07 bits per heavy atom. The molecular formula is C23H30FN3O2. The van der Waals surface area contributed by atoms with E-state index in [0.717, 1.165) is 24.3 Å². The number of carbonyl (C=O) groups is 1. The molecule has 5 nitrogen and oxygen atoms in total. The number of ether oxygens (including phenoxy) is 1. The van der Waals surface area contributed by atoms with E-state index < -0.39 is 0 Å². The maximum atomic E-state index is 14.9. The van der Waals surface area contributed by atoms with Gasteiger partial charge in [0.05, 0.1) is 12.2 Å². The molecule has 6 heteroatoms. The largest absolute Gasteiger partial charge is 0.489 e. The number of anilines is 2. The van der Waals surface area contributed by atoms with Crippen molar-refractivity contribution in [3.63, 3.8) is 0 Å². The van der Waals surface area contributed by atoms with Crippen molar-refractivity contribution in [2.45, 2.75) is 45.6 Å². The maximum Gasteiger partial charge on any atom is 0.188 e. The second-order valence-electron chi connectivity index (χ2n) is 7.83. The topological polar surface area (TPSA) is 45.7 Å². The third kappa shape index (κ3) is 5.05. The molecule has 2 aromatic rings. The molecule has 0 amide bonds. The molecule has 29 heavy (non-hydrogen) atoms. The van der Waals surface area contributed by atoms with E-state index >= 15 is 0 Å². The molecule has 1 aromatic carbocycles. The summed E-state index contributed by atoms with van der Waals surface area (Å²) in [5, 5.41) is 0. The highest BCUT2D eigenvalue weighted by Crippen LogP contribution is 2.30. The SMILES string of the molecule is CCN(C)c1nccc(N2CC[C@@H](Oc3ccc([C@H](C)CC(C)=O)cc3)C2)c1F. The van der Waals surface area contributed by atoms with Gasteiger partial charge in [-0.2, -0.15) is 0 Å². The minimum atomic E-state index is -0.277. The van der Waals surface area contributed by atoms with Crippen LogP contribution in [0.3, 0.4) is 0 Å². The number of hydrogen-bond acceptors (Lipinski definition) is 5. The molecule has 0 N–H and O–H groups in total. The standard InChI is InChI=1S/C23H30FN3O2/c1-5-26(4)23-22(24)21(10-12-25-23)27-13-11-20(15-27)29-19-8-6-18(7-9-19)16(2)14-17(3)28/h6-10,12,16,20H,5,11,13-15H2,1-4H3/t16-,20-/m1/s1. The van der Waals surface area contributed by atoms with Gasteiger partial charge in [-0.15, -0.1) is 0 Å². The zero-order valence-electron chi connectivity index (χ0n) is 17.7. The number of halogens is 1. The minimum absolute atomic E-state index is 0.00964. The first-order valence-corrected chi connectivity index (χ1v) is 10.3. The number of nitrogens with zero attached hydrogens (tertiary/aromatic N) is 3. The molecule has 0 aliphatic carbocycles. The predicted octanol–water partition coefficient (Wildman–Crippen LogP) is 4.42. The van der Waals surface area contributed by atoms with Crippen LogP contribution in [0.4, 0.5) is 15.9 Å². The van der Waals surface area contributed by atoms with Crippen LogP contribution in [0.2, 0.25) is 0 Å². The van der Waals surface area contributed by atoms with Crippen LogP contribution in [0.25, 0.3) is 0 Å². The van der Waals surface area contributed by atoms with E-state index in [-0.39, 0.29) is 23.6 Å². The van der Waals surface area contributed by atoms with Crippen molar-refractivity contribution in [1.29, 1.82) is 0 Å². The smallest absolute Gasteiger partial charge is 0.188 e. The van der Waals surface area contributed by atoms with Gasteiger partial charge < -0.3 is 19.3 Å². The summed E-state index contributed by atoms with van der Waals surface area (Å²) >= 11 is 0. The van der Waals surface area contributed by atoms with E-state index in [4.69, 9.17) is 4.74 Å². The fourth-order valence-corrected chi connectivity index (χ4v) is 3.74. The lowest BCUT2D eigenvalue weighted by Gasteiger charge is -2.23. The van der Waals surface area contributed by atoms with E-state index in [9.17, 15) is 9.18 Å². The van der Waals surface area contributed by atoms with Gasteiger partial charge in [-0.05, 0) is 43.5 Å². The highest BCUT2D eigenvalue weighted by Gasteiger charge is 2.27.